The SMILES string of the molecule is CC(C)C[C@H](NC(=O)CN)C(=O)N[C@@H](CC(C)C)C(=O)N[C@@H](CO)C(=O)O. The molecule has 0 heterocycles. The fourth-order valence-electron chi connectivity index (χ4n) is 2.39. The van der Waals surface area contributed by atoms with Crippen LogP contribution < -0.4 is 21.7 Å². The van der Waals surface area contributed by atoms with Gasteiger partial charge in [0.05, 0.1) is 13.2 Å². The molecule has 0 fully saturated rings. The Morgan fingerprint density at radius 1 is 0.815 bits per heavy atom. The zero-order chi connectivity index (χ0) is 21.1. The normalized spacial score (nSPS) is 14.4. The number of nitrogens with one attached hydrogen (secondary N) is 3. The van der Waals surface area contributed by atoms with E-state index in [-0.39, 0.29) is 24.8 Å². The van der Waals surface area contributed by atoms with Crippen molar-refractivity contribution in [1.29, 1.82) is 0 Å². The van der Waals surface area contributed by atoms with Crippen LogP contribution in [0.15, 0.2) is 0 Å². The van der Waals surface area contributed by atoms with Gasteiger partial charge in [0.15, 0.2) is 0 Å². The Morgan fingerprint density at radius 3 is 1.56 bits per heavy atom. The Kier molecular flexibility index (Phi) is 11.2. The molecular weight excluding hydrogens is 356 g/mol. The van der Waals surface area contributed by atoms with Gasteiger partial charge in [0.25, 0.3) is 0 Å². The number of aliphatic hydroxyl groups excluding tert-OH is 1. The van der Waals surface area contributed by atoms with Crippen molar-refractivity contribution in [3.63, 3.8) is 0 Å². The summed E-state index contributed by atoms with van der Waals surface area (Å²) in [6, 6.07) is -3.33. The third kappa shape index (κ3) is 9.90. The highest BCUT2D eigenvalue weighted by Crippen LogP contribution is 2.09. The summed E-state index contributed by atoms with van der Waals surface area (Å²) < 4.78 is 0. The molecule has 0 aliphatic rings. The Bertz CT molecular complexity index is 524. The molecule has 0 aromatic rings. The third-order valence-corrected chi connectivity index (χ3v) is 3.68. The Morgan fingerprint density at radius 2 is 1.22 bits per heavy atom. The second-order valence-corrected chi connectivity index (χ2v) is 7.23. The third-order valence-electron chi connectivity index (χ3n) is 3.68. The maximum atomic E-state index is 12.6. The monoisotopic (exact) mass is 388 g/mol. The minimum absolute atomic E-state index is 0.0284. The quantitative estimate of drug-likeness (QED) is 0.238. The second-order valence-electron chi connectivity index (χ2n) is 7.23. The van der Waals surface area contributed by atoms with Crippen molar-refractivity contribution in [3.05, 3.63) is 0 Å². The molecule has 0 aromatic carbocycles. The molecule has 0 saturated heterocycles. The number of carbonyl (C=O) groups excluding carboxylic acids is 3. The minimum Gasteiger partial charge on any atom is -0.480 e. The molecule has 0 aromatic heterocycles. The molecular formula is C17H32N4O6. The fourth-order valence-corrected chi connectivity index (χ4v) is 2.39. The summed E-state index contributed by atoms with van der Waals surface area (Å²) in [6.07, 6.45) is 0.608. The molecule has 10 heteroatoms. The van der Waals surface area contributed by atoms with E-state index in [9.17, 15) is 19.2 Å². The van der Waals surface area contributed by atoms with Gasteiger partial charge in [-0.25, -0.2) is 4.79 Å². The van der Waals surface area contributed by atoms with Crippen LogP contribution in [0.5, 0.6) is 0 Å². The van der Waals surface area contributed by atoms with Gasteiger partial charge >= 0.3 is 5.97 Å². The highest BCUT2D eigenvalue weighted by Gasteiger charge is 2.29. The molecule has 0 rings (SSSR count). The van der Waals surface area contributed by atoms with Gasteiger partial charge in [-0.05, 0) is 24.7 Å². The van der Waals surface area contributed by atoms with E-state index in [4.69, 9.17) is 15.9 Å². The lowest BCUT2D eigenvalue weighted by atomic mass is 10.00. The molecule has 0 aliphatic heterocycles. The van der Waals surface area contributed by atoms with Gasteiger partial charge in [-0.3, -0.25) is 14.4 Å². The van der Waals surface area contributed by atoms with Crippen LogP contribution in [0.1, 0.15) is 40.5 Å². The average Bonchev–Trinajstić information content (AvgIpc) is 2.56. The lowest BCUT2D eigenvalue weighted by Gasteiger charge is -2.25. The molecule has 27 heavy (non-hydrogen) atoms. The van der Waals surface area contributed by atoms with Crippen LogP contribution in [-0.2, 0) is 19.2 Å². The number of carbonyl (C=O) groups is 4. The van der Waals surface area contributed by atoms with Crippen molar-refractivity contribution in [3.8, 4) is 0 Å². The van der Waals surface area contributed by atoms with Gasteiger partial charge in [0.2, 0.25) is 17.7 Å². The number of carboxylic acids is 1. The highest BCUT2D eigenvalue weighted by atomic mass is 16.4. The topological polar surface area (TPSA) is 171 Å². The van der Waals surface area contributed by atoms with Crippen molar-refractivity contribution >= 4 is 23.7 Å². The molecule has 7 N–H and O–H groups in total. The molecule has 3 amide bonds. The number of aliphatic hydroxyl groups is 1. The van der Waals surface area contributed by atoms with E-state index in [1.54, 1.807) is 0 Å². The second kappa shape index (κ2) is 12.2. The van der Waals surface area contributed by atoms with E-state index in [1.165, 1.54) is 0 Å². The van der Waals surface area contributed by atoms with Gasteiger partial charge in [-0.1, -0.05) is 27.7 Å². The van der Waals surface area contributed by atoms with Crippen molar-refractivity contribution in [2.75, 3.05) is 13.2 Å². The maximum Gasteiger partial charge on any atom is 0.328 e. The summed E-state index contributed by atoms with van der Waals surface area (Å²) in [5.41, 5.74) is 5.28. The molecule has 0 radical (unpaired) electrons. The van der Waals surface area contributed by atoms with E-state index in [1.807, 2.05) is 27.7 Å². The first-order valence-electron chi connectivity index (χ1n) is 8.95. The summed E-state index contributed by atoms with van der Waals surface area (Å²) >= 11 is 0. The first-order valence-corrected chi connectivity index (χ1v) is 8.95. The van der Waals surface area contributed by atoms with Crippen molar-refractivity contribution < 1.29 is 29.4 Å². The van der Waals surface area contributed by atoms with E-state index < -0.39 is 48.4 Å². The van der Waals surface area contributed by atoms with E-state index in [0.29, 0.717) is 6.42 Å². The maximum absolute atomic E-state index is 12.6. The highest BCUT2D eigenvalue weighted by molar-refractivity contribution is 5.93. The van der Waals surface area contributed by atoms with Crippen LogP contribution in [0.3, 0.4) is 0 Å². The number of hydrogen-bond acceptors (Lipinski definition) is 6. The number of nitrogens with two attached hydrogens (primary N) is 1. The minimum atomic E-state index is -1.47. The summed E-state index contributed by atoms with van der Waals surface area (Å²) in [4.78, 5) is 47.6. The number of rotatable bonds is 12. The Balaban J connectivity index is 5.26. The smallest absolute Gasteiger partial charge is 0.328 e. The molecule has 0 unspecified atom stereocenters. The van der Waals surface area contributed by atoms with E-state index >= 15 is 0 Å². The average molecular weight is 388 g/mol. The number of hydrogen-bond donors (Lipinski definition) is 6. The Hall–Kier alpha value is -2.20. The number of aliphatic carboxylic acids is 1. The first-order chi connectivity index (χ1) is 12.5. The summed E-state index contributed by atoms with van der Waals surface area (Å²) in [5, 5.41) is 25.3. The van der Waals surface area contributed by atoms with Gasteiger partial charge in [0, 0.05) is 0 Å². The molecule has 3 atom stereocenters. The van der Waals surface area contributed by atoms with E-state index in [2.05, 4.69) is 16.0 Å². The van der Waals surface area contributed by atoms with Crippen molar-refractivity contribution in [2.24, 2.45) is 17.6 Å². The lowest BCUT2D eigenvalue weighted by molar-refractivity contribution is -0.143. The summed E-state index contributed by atoms with van der Waals surface area (Å²) in [5.74, 6) is -3.02. The van der Waals surface area contributed by atoms with Gasteiger partial charge in [-0.2, -0.15) is 0 Å². The van der Waals surface area contributed by atoms with Crippen LogP contribution in [-0.4, -0.2) is 65.2 Å². The van der Waals surface area contributed by atoms with Crippen LogP contribution in [0.2, 0.25) is 0 Å². The van der Waals surface area contributed by atoms with E-state index in [0.717, 1.165) is 0 Å². The fraction of sp³-hybridized carbons (Fsp3) is 0.765. The largest absolute Gasteiger partial charge is 0.480 e. The van der Waals surface area contributed by atoms with Gasteiger partial charge < -0.3 is 31.9 Å². The zero-order valence-electron chi connectivity index (χ0n) is 16.3. The van der Waals surface area contributed by atoms with Crippen molar-refractivity contribution in [2.45, 2.75) is 58.7 Å². The van der Waals surface area contributed by atoms with Crippen LogP contribution in [0.4, 0.5) is 0 Å². The standard InChI is InChI=1S/C17H32N4O6/c1-9(2)5-11(19-14(23)7-18)15(24)20-12(6-10(3)4)16(25)21-13(8-22)17(26)27/h9-13,22H,5-8,18H2,1-4H3,(H,19,23)(H,20,24)(H,21,25)(H,26,27)/t11-,12-,13-/m0/s1. The number of amides is 3. The predicted octanol–water partition coefficient (Wildman–Crippen LogP) is -1.43. The summed E-state index contributed by atoms with van der Waals surface area (Å²) in [7, 11) is 0. The molecule has 10 nitrogen and oxygen atoms in total. The van der Waals surface area contributed by atoms with Crippen LogP contribution in [0, 0.1) is 11.8 Å². The van der Waals surface area contributed by atoms with Gasteiger partial charge in [-0.15, -0.1) is 0 Å². The van der Waals surface area contributed by atoms with Crippen LogP contribution in [0.25, 0.3) is 0 Å². The lowest BCUT2D eigenvalue weighted by Crippen LogP contribution is -2.57. The number of carboxylic acid groups (broad SMARTS) is 1. The molecule has 0 bridgehead atoms. The Labute approximate surface area is 159 Å². The predicted molar refractivity (Wildman–Crippen MR) is 98.5 cm³/mol. The molecule has 0 aliphatic carbocycles. The molecule has 0 spiro atoms. The summed E-state index contributed by atoms with van der Waals surface area (Å²) in [6.45, 7) is 6.40. The zero-order valence-corrected chi connectivity index (χ0v) is 16.3. The molecule has 0 saturated carbocycles. The van der Waals surface area contributed by atoms with Gasteiger partial charge in [0.1, 0.15) is 18.1 Å². The first kappa shape index (κ1) is 24.8. The molecule has 156 valence electrons. The van der Waals surface area contributed by atoms with Crippen LogP contribution >= 0.6 is 0 Å². The van der Waals surface area contributed by atoms with Crippen molar-refractivity contribution in [1.82, 2.24) is 16.0 Å².